The van der Waals surface area contributed by atoms with Gasteiger partial charge >= 0.3 is 11.9 Å². The van der Waals surface area contributed by atoms with Crippen molar-refractivity contribution < 1.29 is 24.2 Å². The van der Waals surface area contributed by atoms with Crippen molar-refractivity contribution in [2.75, 3.05) is 12.3 Å². The fraction of sp³-hybridized carbons (Fsp3) is 0.579. The first-order valence-corrected chi connectivity index (χ1v) is 8.73. The third kappa shape index (κ3) is 5.11. The van der Waals surface area contributed by atoms with E-state index in [1.54, 1.807) is 0 Å². The van der Waals surface area contributed by atoms with E-state index in [1.165, 1.54) is 18.2 Å². The minimum atomic E-state index is -0.761. The molecule has 0 radical (unpaired) electrons. The first kappa shape index (κ1) is 19.1. The predicted octanol–water partition coefficient (Wildman–Crippen LogP) is 3.14. The summed E-state index contributed by atoms with van der Waals surface area (Å²) in [6, 6.07) is 3.98. The standard InChI is InChI=1S/C19H27NO5/c1-11(2)14-6-4-12(3)8-17(14)25-18(22)10-24-19(23)15-9-13(21)5-7-16(15)20/h5,7,9,11-12,14,17,21H,4,6,8,10,20H2,1-3H3/t12-,14-,17+/m0/s1. The Bertz CT molecular complexity index is 628. The van der Waals surface area contributed by atoms with Crippen LogP contribution in [0.2, 0.25) is 0 Å². The van der Waals surface area contributed by atoms with E-state index in [-0.39, 0.29) is 23.1 Å². The highest BCUT2D eigenvalue weighted by molar-refractivity contribution is 5.96. The molecule has 1 fully saturated rings. The number of nitrogens with two attached hydrogens (primary N) is 1. The maximum atomic E-state index is 12.1. The second kappa shape index (κ2) is 8.23. The van der Waals surface area contributed by atoms with E-state index in [0.717, 1.165) is 19.3 Å². The number of hydrogen-bond donors (Lipinski definition) is 2. The number of ether oxygens (including phenoxy) is 2. The van der Waals surface area contributed by atoms with Gasteiger partial charge in [-0.25, -0.2) is 9.59 Å². The van der Waals surface area contributed by atoms with Gasteiger partial charge in [-0.1, -0.05) is 27.2 Å². The highest BCUT2D eigenvalue weighted by Crippen LogP contribution is 2.35. The predicted molar refractivity (Wildman–Crippen MR) is 94.0 cm³/mol. The molecule has 3 N–H and O–H groups in total. The molecule has 0 bridgehead atoms. The molecule has 1 aliphatic carbocycles. The van der Waals surface area contributed by atoms with Crippen molar-refractivity contribution in [3.05, 3.63) is 23.8 Å². The molecule has 0 amide bonds. The number of anilines is 1. The smallest absolute Gasteiger partial charge is 0.344 e. The summed E-state index contributed by atoms with van der Waals surface area (Å²) >= 11 is 0. The van der Waals surface area contributed by atoms with Crippen molar-refractivity contribution in [1.29, 1.82) is 0 Å². The third-order valence-corrected chi connectivity index (χ3v) is 4.82. The van der Waals surface area contributed by atoms with Gasteiger partial charge in [0.1, 0.15) is 11.9 Å². The summed E-state index contributed by atoms with van der Waals surface area (Å²) in [6.07, 6.45) is 2.88. The van der Waals surface area contributed by atoms with Crippen LogP contribution in [-0.4, -0.2) is 29.8 Å². The fourth-order valence-corrected chi connectivity index (χ4v) is 3.38. The minimum absolute atomic E-state index is 0.0270. The van der Waals surface area contributed by atoms with Crippen molar-refractivity contribution in [1.82, 2.24) is 0 Å². The number of benzene rings is 1. The Hall–Kier alpha value is -2.24. The summed E-state index contributed by atoms with van der Waals surface area (Å²) in [6.45, 7) is 5.95. The SMILES string of the molecule is CC(C)[C@@H]1CC[C@H](C)C[C@H]1OC(=O)COC(=O)c1cc(O)ccc1N. The van der Waals surface area contributed by atoms with E-state index >= 15 is 0 Å². The van der Waals surface area contributed by atoms with Crippen LogP contribution in [0.1, 0.15) is 50.4 Å². The lowest BCUT2D eigenvalue weighted by atomic mass is 9.75. The van der Waals surface area contributed by atoms with Crippen LogP contribution in [-0.2, 0) is 14.3 Å². The Morgan fingerprint density at radius 2 is 2.04 bits per heavy atom. The lowest BCUT2D eigenvalue weighted by Gasteiger charge is -2.36. The molecule has 2 rings (SSSR count). The molecule has 0 heterocycles. The second-order valence-electron chi connectivity index (χ2n) is 7.20. The van der Waals surface area contributed by atoms with Gasteiger partial charge < -0.3 is 20.3 Å². The van der Waals surface area contributed by atoms with Gasteiger partial charge in [-0.15, -0.1) is 0 Å². The zero-order valence-corrected chi connectivity index (χ0v) is 15.0. The Morgan fingerprint density at radius 1 is 1.32 bits per heavy atom. The van der Waals surface area contributed by atoms with Crippen LogP contribution in [0, 0.1) is 17.8 Å². The van der Waals surface area contributed by atoms with Crippen LogP contribution < -0.4 is 5.73 Å². The van der Waals surface area contributed by atoms with Crippen LogP contribution in [0.25, 0.3) is 0 Å². The zero-order valence-electron chi connectivity index (χ0n) is 15.0. The van der Waals surface area contributed by atoms with Crippen LogP contribution in [0.3, 0.4) is 0 Å². The fourth-order valence-electron chi connectivity index (χ4n) is 3.38. The second-order valence-corrected chi connectivity index (χ2v) is 7.20. The molecule has 0 aliphatic heterocycles. The van der Waals surface area contributed by atoms with E-state index in [2.05, 4.69) is 20.8 Å². The molecule has 3 atom stereocenters. The van der Waals surface area contributed by atoms with Crippen LogP contribution in [0.5, 0.6) is 5.75 Å². The summed E-state index contributed by atoms with van der Waals surface area (Å²) in [4.78, 5) is 24.1. The van der Waals surface area contributed by atoms with Crippen molar-refractivity contribution in [3.8, 4) is 5.75 Å². The largest absolute Gasteiger partial charge is 0.508 e. The summed E-state index contributed by atoms with van der Waals surface area (Å²) < 4.78 is 10.6. The lowest BCUT2D eigenvalue weighted by Crippen LogP contribution is -2.36. The summed E-state index contributed by atoms with van der Waals surface area (Å²) in [7, 11) is 0. The van der Waals surface area contributed by atoms with Gasteiger partial charge in [0.2, 0.25) is 0 Å². The number of aromatic hydroxyl groups is 1. The lowest BCUT2D eigenvalue weighted by molar-refractivity contribution is -0.159. The van der Waals surface area contributed by atoms with Gasteiger partial charge in [-0.05, 0) is 48.8 Å². The summed E-state index contributed by atoms with van der Waals surface area (Å²) in [5, 5.41) is 9.43. The van der Waals surface area contributed by atoms with Gasteiger partial charge in [0.15, 0.2) is 6.61 Å². The highest BCUT2D eigenvalue weighted by Gasteiger charge is 2.33. The topological polar surface area (TPSA) is 98.8 Å². The molecule has 6 nitrogen and oxygen atoms in total. The molecule has 138 valence electrons. The first-order valence-electron chi connectivity index (χ1n) is 8.73. The molecule has 1 aliphatic rings. The van der Waals surface area contributed by atoms with Gasteiger partial charge in [0, 0.05) is 5.69 Å². The number of phenols is 1. The Kier molecular flexibility index (Phi) is 6.28. The van der Waals surface area contributed by atoms with Crippen molar-refractivity contribution >= 4 is 17.6 Å². The monoisotopic (exact) mass is 349 g/mol. The summed E-state index contributed by atoms with van der Waals surface area (Å²) in [5.41, 5.74) is 5.89. The maximum absolute atomic E-state index is 12.1. The average molecular weight is 349 g/mol. The Labute approximate surface area is 148 Å². The molecular weight excluding hydrogens is 322 g/mol. The van der Waals surface area contributed by atoms with E-state index in [0.29, 0.717) is 17.8 Å². The van der Waals surface area contributed by atoms with Crippen molar-refractivity contribution in [2.24, 2.45) is 17.8 Å². The Morgan fingerprint density at radius 3 is 2.72 bits per heavy atom. The van der Waals surface area contributed by atoms with Crippen LogP contribution in [0.15, 0.2) is 18.2 Å². The van der Waals surface area contributed by atoms with Gasteiger partial charge in [-0.3, -0.25) is 0 Å². The Balaban J connectivity index is 1.91. The first-order chi connectivity index (χ1) is 11.8. The molecule has 1 aromatic carbocycles. The molecule has 1 aromatic rings. The number of esters is 2. The summed E-state index contributed by atoms with van der Waals surface area (Å²) in [5.74, 6) is -0.140. The normalized spacial score (nSPS) is 23.3. The molecule has 25 heavy (non-hydrogen) atoms. The molecule has 0 unspecified atom stereocenters. The number of hydrogen-bond acceptors (Lipinski definition) is 6. The number of carbonyl (C=O) groups is 2. The van der Waals surface area contributed by atoms with E-state index in [4.69, 9.17) is 15.2 Å². The molecule has 0 spiro atoms. The highest BCUT2D eigenvalue weighted by atomic mass is 16.6. The van der Waals surface area contributed by atoms with Gasteiger partial charge in [0.25, 0.3) is 0 Å². The maximum Gasteiger partial charge on any atom is 0.344 e. The van der Waals surface area contributed by atoms with Crippen LogP contribution in [0.4, 0.5) is 5.69 Å². The number of phenolic OH excluding ortho intramolecular Hbond substituents is 1. The van der Waals surface area contributed by atoms with E-state index < -0.39 is 18.5 Å². The molecule has 0 saturated heterocycles. The molecule has 1 saturated carbocycles. The van der Waals surface area contributed by atoms with E-state index in [9.17, 15) is 14.7 Å². The van der Waals surface area contributed by atoms with E-state index in [1.807, 2.05) is 0 Å². The molecule has 6 heteroatoms. The number of nitrogen functional groups attached to an aromatic ring is 1. The quantitative estimate of drug-likeness (QED) is 0.481. The van der Waals surface area contributed by atoms with Crippen molar-refractivity contribution in [2.45, 2.75) is 46.1 Å². The molecular formula is C19H27NO5. The molecule has 0 aromatic heterocycles. The third-order valence-electron chi connectivity index (χ3n) is 4.82. The van der Waals surface area contributed by atoms with Crippen LogP contribution >= 0.6 is 0 Å². The zero-order chi connectivity index (χ0) is 18.6. The average Bonchev–Trinajstić information content (AvgIpc) is 2.54. The number of carbonyl (C=O) groups excluding carboxylic acids is 2. The van der Waals surface area contributed by atoms with Crippen molar-refractivity contribution in [3.63, 3.8) is 0 Å². The minimum Gasteiger partial charge on any atom is -0.508 e. The number of rotatable bonds is 5. The van der Waals surface area contributed by atoms with Gasteiger partial charge in [-0.2, -0.15) is 0 Å². The van der Waals surface area contributed by atoms with Gasteiger partial charge in [0.05, 0.1) is 5.56 Å².